The lowest BCUT2D eigenvalue weighted by molar-refractivity contribution is -0.0546. The summed E-state index contributed by atoms with van der Waals surface area (Å²) < 4.78 is 56.6. The van der Waals surface area contributed by atoms with Crippen LogP contribution in [0, 0.1) is 29.4 Å². The van der Waals surface area contributed by atoms with Gasteiger partial charge in [0.15, 0.2) is 17.4 Å². The monoisotopic (exact) mass is 426 g/mol. The van der Waals surface area contributed by atoms with E-state index in [-0.39, 0.29) is 5.92 Å². The summed E-state index contributed by atoms with van der Waals surface area (Å²) in [6, 6.07) is 2.33. The fourth-order valence-electron chi connectivity index (χ4n) is 5.36. The summed E-state index contributed by atoms with van der Waals surface area (Å²) in [5.41, 5.74) is 0.560. The lowest BCUT2D eigenvalue weighted by Gasteiger charge is -2.32. The van der Waals surface area contributed by atoms with Crippen LogP contribution in [0.4, 0.5) is 17.6 Å². The van der Waals surface area contributed by atoms with E-state index in [1.165, 1.54) is 44.9 Å². The van der Waals surface area contributed by atoms with Crippen molar-refractivity contribution in [2.45, 2.75) is 90.1 Å². The summed E-state index contributed by atoms with van der Waals surface area (Å²) in [5.74, 6) is -0.565. The van der Waals surface area contributed by atoms with E-state index in [2.05, 4.69) is 23.8 Å². The fourth-order valence-corrected chi connectivity index (χ4v) is 5.36. The van der Waals surface area contributed by atoms with E-state index >= 15 is 0 Å². The van der Waals surface area contributed by atoms with Crippen LogP contribution in [0.15, 0.2) is 24.3 Å². The molecule has 2 aliphatic rings. The minimum Gasteiger partial charge on any atom is -0.429 e. The molecule has 1 aromatic rings. The molecule has 0 N–H and O–H groups in total. The van der Waals surface area contributed by atoms with E-state index in [0.717, 1.165) is 49.7 Å². The van der Waals surface area contributed by atoms with Crippen molar-refractivity contribution < 1.29 is 22.3 Å². The minimum absolute atomic E-state index is 0.0907. The SMILES string of the molecule is C/C=C/CC1CCC(CCC2CCC(c3cc(F)c(OC(F)F)c(F)c3)CC2)CC1. The summed E-state index contributed by atoms with van der Waals surface area (Å²) in [6.45, 7) is -1.15. The van der Waals surface area contributed by atoms with Crippen molar-refractivity contribution in [1.29, 1.82) is 0 Å². The van der Waals surface area contributed by atoms with E-state index < -0.39 is 24.0 Å². The quantitative estimate of drug-likeness (QED) is 0.299. The first-order valence-corrected chi connectivity index (χ1v) is 11.5. The van der Waals surface area contributed by atoms with Gasteiger partial charge in [-0.2, -0.15) is 8.78 Å². The van der Waals surface area contributed by atoms with E-state index in [1.807, 2.05) is 0 Å². The van der Waals surface area contributed by atoms with Crippen LogP contribution >= 0.6 is 0 Å². The smallest absolute Gasteiger partial charge is 0.387 e. The highest BCUT2D eigenvalue weighted by molar-refractivity contribution is 5.33. The Labute approximate surface area is 177 Å². The average Bonchev–Trinajstić information content (AvgIpc) is 2.74. The molecule has 0 heterocycles. The molecule has 1 nitrogen and oxygen atoms in total. The van der Waals surface area contributed by atoms with Crippen LogP contribution in [-0.2, 0) is 0 Å². The minimum atomic E-state index is -3.24. The van der Waals surface area contributed by atoms with Gasteiger partial charge in [-0.15, -0.1) is 0 Å². The molecule has 0 amide bonds. The van der Waals surface area contributed by atoms with Gasteiger partial charge in [0.2, 0.25) is 0 Å². The molecule has 30 heavy (non-hydrogen) atoms. The van der Waals surface area contributed by atoms with Gasteiger partial charge in [0.25, 0.3) is 0 Å². The third kappa shape index (κ3) is 6.49. The molecular weight excluding hydrogens is 392 g/mol. The molecule has 0 atom stereocenters. The number of benzene rings is 1. The Kier molecular flexibility index (Phi) is 8.64. The first-order chi connectivity index (χ1) is 14.5. The first kappa shape index (κ1) is 23.1. The molecule has 0 saturated heterocycles. The second-order valence-corrected chi connectivity index (χ2v) is 9.18. The van der Waals surface area contributed by atoms with Crippen LogP contribution in [0.5, 0.6) is 5.75 Å². The molecule has 3 rings (SSSR count). The highest BCUT2D eigenvalue weighted by atomic mass is 19.3. The molecule has 5 heteroatoms. The molecule has 0 unspecified atom stereocenters. The normalized spacial score (nSPS) is 27.7. The summed E-state index contributed by atoms with van der Waals surface area (Å²) in [6.07, 6.45) is 17.6. The molecule has 2 saturated carbocycles. The van der Waals surface area contributed by atoms with Crippen LogP contribution in [0.1, 0.15) is 89.0 Å². The molecule has 0 aromatic heterocycles. The van der Waals surface area contributed by atoms with Gasteiger partial charge in [-0.3, -0.25) is 0 Å². The number of alkyl halides is 2. The third-order valence-corrected chi connectivity index (χ3v) is 7.20. The Balaban J connectivity index is 1.42. The lowest BCUT2D eigenvalue weighted by Crippen LogP contribution is -2.18. The number of halogens is 4. The molecule has 0 radical (unpaired) electrons. The van der Waals surface area contributed by atoms with Crippen molar-refractivity contribution in [2.24, 2.45) is 17.8 Å². The predicted octanol–water partition coefficient (Wildman–Crippen LogP) is 8.39. The largest absolute Gasteiger partial charge is 0.429 e. The summed E-state index contributed by atoms with van der Waals surface area (Å²) >= 11 is 0. The zero-order valence-electron chi connectivity index (χ0n) is 17.9. The van der Waals surface area contributed by atoms with Crippen LogP contribution in [0.2, 0.25) is 0 Å². The van der Waals surface area contributed by atoms with Gasteiger partial charge in [0.05, 0.1) is 0 Å². The fraction of sp³-hybridized carbons (Fsp3) is 0.680. The second-order valence-electron chi connectivity index (χ2n) is 9.18. The van der Waals surface area contributed by atoms with Gasteiger partial charge in [0.1, 0.15) is 0 Å². The van der Waals surface area contributed by atoms with Crippen molar-refractivity contribution in [1.82, 2.24) is 0 Å². The Morgan fingerprint density at radius 1 is 0.867 bits per heavy atom. The van der Waals surface area contributed by atoms with Gasteiger partial charge < -0.3 is 4.74 Å². The molecule has 0 bridgehead atoms. The Bertz CT molecular complexity index is 663. The van der Waals surface area contributed by atoms with Crippen molar-refractivity contribution >= 4 is 0 Å². The molecular formula is C25H34F4O. The molecule has 2 aliphatic carbocycles. The summed E-state index contributed by atoms with van der Waals surface area (Å²) in [5, 5.41) is 0. The number of hydrogen-bond acceptors (Lipinski definition) is 1. The van der Waals surface area contributed by atoms with Gasteiger partial charge in [-0.05, 0) is 93.2 Å². The van der Waals surface area contributed by atoms with Crippen molar-refractivity contribution in [3.63, 3.8) is 0 Å². The molecule has 0 spiro atoms. The Morgan fingerprint density at radius 2 is 1.37 bits per heavy atom. The highest BCUT2D eigenvalue weighted by Gasteiger charge is 2.27. The number of ether oxygens (including phenoxy) is 1. The lowest BCUT2D eigenvalue weighted by atomic mass is 9.74. The van der Waals surface area contributed by atoms with E-state index in [1.54, 1.807) is 0 Å². The molecule has 168 valence electrons. The van der Waals surface area contributed by atoms with Gasteiger partial charge in [-0.1, -0.05) is 37.8 Å². The summed E-state index contributed by atoms with van der Waals surface area (Å²) in [4.78, 5) is 0. The van der Waals surface area contributed by atoms with Gasteiger partial charge >= 0.3 is 6.61 Å². The first-order valence-electron chi connectivity index (χ1n) is 11.5. The number of allylic oxidation sites excluding steroid dienone is 2. The zero-order chi connectivity index (χ0) is 21.5. The zero-order valence-corrected chi connectivity index (χ0v) is 17.9. The van der Waals surface area contributed by atoms with Crippen LogP contribution in [0.3, 0.4) is 0 Å². The van der Waals surface area contributed by atoms with Crippen LogP contribution < -0.4 is 4.74 Å². The maximum atomic E-state index is 14.0. The number of hydrogen-bond donors (Lipinski definition) is 0. The van der Waals surface area contributed by atoms with Crippen LogP contribution in [0.25, 0.3) is 0 Å². The van der Waals surface area contributed by atoms with E-state index in [0.29, 0.717) is 11.5 Å². The Hall–Kier alpha value is -1.52. The van der Waals surface area contributed by atoms with Gasteiger partial charge in [0, 0.05) is 0 Å². The summed E-state index contributed by atoms with van der Waals surface area (Å²) in [7, 11) is 0. The topological polar surface area (TPSA) is 9.23 Å². The maximum Gasteiger partial charge on any atom is 0.387 e. The molecule has 1 aromatic carbocycles. The Morgan fingerprint density at radius 3 is 1.87 bits per heavy atom. The van der Waals surface area contributed by atoms with Gasteiger partial charge in [-0.25, -0.2) is 8.78 Å². The standard InChI is InChI=1S/C25H34F4O/c1-2-3-4-17-5-7-18(8-6-17)9-10-19-11-13-20(14-12-19)21-15-22(26)24(23(27)16-21)30-25(28)29/h2-3,15-20,25H,4-14H2,1H3/b3-2+. The third-order valence-electron chi connectivity index (χ3n) is 7.20. The number of rotatable bonds is 8. The molecule has 0 aliphatic heterocycles. The second kappa shape index (κ2) is 11.2. The van der Waals surface area contributed by atoms with Crippen molar-refractivity contribution in [2.75, 3.05) is 0 Å². The van der Waals surface area contributed by atoms with E-state index in [4.69, 9.17) is 0 Å². The molecule has 2 fully saturated rings. The maximum absolute atomic E-state index is 14.0. The highest BCUT2D eigenvalue weighted by Crippen LogP contribution is 2.41. The van der Waals surface area contributed by atoms with Crippen molar-refractivity contribution in [3.8, 4) is 5.75 Å². The predicted molar refractivity (Wildman–Crippen MR) is 112 cm³/mol. The van der Waals surface area contributed by atoms with Crippen LogP contribution in [-0.4, -0.2) is 6.61 Å². The van der Waals surface area contributed by atoms with Crippen molar-refractivity contribution in [3.05, 3.63) is 41.5 Å². The average molecular weight is 427 g/mol. The van der Waals surface area contributed by atoms with E-state index in [9.17, 15) is 17.6 Å².